The van der Waals surface area contributed by atoms with Crippen molar-refractivity contribution in [3.63, 3.8) is 0 Å². The van der Waals surface area contributed by atoms with Gasteiger partial charge in [0.2, 0.25) is 11.8 Å². The topological polar surface area (TPSA) is 118 Å². The maximum Gasteiger partial charge on any atom is 0.233 e. The minimum atomic E-state index is -3.28. The number of benzene rings is 1. The second kappa shape index (κ2) is 5.45. The zero-order valence-corrected chi connectivity index (χ0v) is 12.5. The number of carbonyl (C=O) groups excluding carboxylic acids is 2. The highest BCUT2D eigenvalue weighted by Gasteiger charge is 2.26. The normalized spacial score (nSPS) is 18.0. The summed E-state index contributed by atoms with van der Waals surface area (Å²) in [4.78, 5) is 23.0. The third-order valence-corrected chi connectivity index (χ3v) is 5.12. The number of hydrogen-bond donors (Lipinski definition) is 3. The van der Waals surface area contributed by atoms with Crippen LogP contribution in [-0.2, 0) is 19.4 Å². The molecule has 1 aromatic rings. The van der Waals surface area contributed by atoms with E-state index in [4.69, 9.17) is 5.73 Å². The van der Waals surface area contributed by atoms with E-state index >= 15 is 0 Å². The summed E-state index contributed by atoms with van der Waals surface area (Å²) >= 11 is 0. The molecule has 0 aliphatic carbocycles. The first-order chi connectivity index (χ1) is 9.68. The summed E-state index contributed by atoms with van der Waals surface area (Å²) in [6.07, 6.45) is 0.874. The number of hydrogen-bond acceptors (Lipinski definition) is 5. The van der Waals surface area contributed by atoms with Gasteiger partial charge < -0.3 is 16.4 Å². The number of anilines is 2. The molecule has 21 heavy (non-hydrogen) atoms. The van der Waals surface area contributed by atoms with Crippen LogP contribution in [-0.4, -0.2) is 31.7 Å². The van der Waals surface area contributed by atoms with Gasteiger partial charge in [-0.3, -0.25) is 9.59 Å². The number of fused-ring (bicyclic) bond motifs is 1. The number of nitrogens with one attached hydrogen (secondary N) is 2. The van der Waals surface area contributed by atoms with Crippen LogP contribution in [0.15, 0.2) is 18.2 Å². The fourth-order valence-electron chi connectivity index (χ4n) is 2.05. The standard InChI is InChI=1S/C13H17N3O4S/c1-7(21(2,19)20)13(14)8-3-4-9-10(5-8)16-12(18)6-11(17)15-9/h3-5,7,13H,6,14H2,1-2H3,(H,15,17)(H,16,18). The molecule has 0 saturated carbocycles. The molecule has 0 aromatic heterocycles. The van der Waals surface area contributed by atoms with Crippen molar-refractivity contribution in [2.75, 3.05) is 16.9 Å². The Bertz CT molecular complexity index is 699. The van der Waals surface area contributed by atoms with Crippen LogP contribution in [0.5, 0.6) is 0 Å². The fraction of sp³-hybridized carbons (Fsp3) is 0.385. The molecule has 0 bridgehead atoms. The molecule has 1 aromatic carbocycles. The van der Waals surface area contributed by atoms with Crippen LogP contribution >= 0.6 is 0 Å². The van der Waals surface area contributed by atoms with Crippen molar-refractivity contribution in [1.29, 1.82) is 0 Å². The Hall–Kier alpha value is -1.93. The summed E-state index contributed by atoms with van der Waals surface area (Å²) < 4.78 is 23.2. The van der Waals surface area contributed by atoms with Gasteiger partial charge in [0.05, 0.1) is 16.6 Å². The van der Waals surface area contributed by atoms with E-state index in [-0.39, 0.29) is 6.42 Å². The number of carbonyl (C=O) groups is 2. The zero-order valence-electron chi connectivity index (χ0n) is 11.7. The molecular formula is C13H17N3O4S. The van der Waals surface area contributed by atoms with Gasteiger partial charge >= 0.3 is 0 Å². The molecule has 0 saturated heterocycles. The van der Waals surface area contributed by atoms with Crippen molar-refractivity contribution in [3.05, 3.63) is 23.8 Å². The van der Waals surface area contributed by atoms with E-state index in [9.17, 15) is 18.0 Å². The first kappa shape index (κ1) is 15.5. The average Bonchev–Trinajstić information content (AvgIpc) is 2.51. The molecule has 0 fully saturated rings. The van der Waals surface area contributed by atoms with Crippen molar-refractivity contribution in [3.8, 4) is 0 Å². The molecule has 1 heterocycles. The first-order valence-corrected chi connectivity index (χ1v) is 8.32. The van der Waals surface area contributed by atoms with E-state index in [0.717, 1.165) is 6.26 Å². The van der Waals surface area contributed by atoms with E-state index in [2.05, 4.69) is 10.6 Å². The second-order valence-electron chi connectivity index (χ2n) is 5.14. The SMILES string of the molecule is CC(C(N)c1ccc2c(c1)NC(=O)CC(=O)N2)S(C)(=O)=O. The van der Waals surface area contributed by atoms with Gasteiger partial charge in [-0.05, 0) is 24.6 Å². The molecule has 114 valence electrons. The zero-order chi connectivity index (χ0) is 15.8. The van der Waals surface area contributed by atoms with Crippen molar-refractivity contribution in [2.24, 2.45) is 5.73 Å². The van der Waals surface area contributed by atoms with Crippen molar-refractivity contribution in [2.45, 2.75) is 24.6 Å². The number of amides is 2. The van der Waals surface area contributed by atoms with Crippen LogP contribution in [0.1, 0.15) is 24.9 Å². The predicted octanol–water partition coefficient (Wildman–Crippen LogP) is 0.400. The maximum atomic E-state index is 11.6. The fourth-order valence-corrected chi connectivity index (χ4v) is 2.74. The van der Waals surface area contributed by atoms with E-state index in [0.29, 0.717) is 16.9 Å². The van der Waals surface area contributed by atoms with Gasteiger partial charge in [0.25, 0.3) is 0 Å². The molecule has 2 atom stereocenters. The highest BCUT2D eigenvalue weighted by Crippen LogP contribution is 2.29. The monoisotopic (exact) mass is 311 g/mol. The third kappa shape index (κ3) is 3.40. The lowest BCUT2D eigenvalue weighted by Gasteiger charge is -2.20. The summed E-state index contributed by atoms with van der Waals surface area (Å²) in [5.41, 5.74) is 7.43. The van der Waals surface area contributed by atoms with Crippen LogP contribution in [0.2, 0.25) is 0 Å². The minimum Gasteiger partial charge on any atom is -0.324 e. The van der Waals surface area contributed by atoms with Crippen LogP contribution in [0.25, 0.3) is 0 Å². The smallest absolute Gasteiger partial charge is 0.233 e. The second-order valence-corrected chi connectivity index (χ2v) is 7.54. The Kier molecular flexibility index (Phi) is 4.02. The summed E-state index contributed by atoms with van der Waals surface area (Å²) in [5.74, 6) is -0.819. The van der Waals surface area contributed by atoms with E-state index in [1.54, 1.807) is 18.2 Å². The van der Waals surface area contributed by atoms with Crippen LogP contribution in [0.4, 0.5) is 11.4 Å². The Morgan fingerprint density at radius 1 is 1.14 bits per heavy atom. The molecule has 2 rings (SSSR count). The molecule has 7 nitrogen and oxygen atoms in total. The summed E-state index contributed by atoms with van der Waals surface area (Å²) in [7, 11) is -3.28. The van der Waals surface area contributed by atoms with Gasteiger partial charge in [-0.25, -0.2) is 8.42 Å². The Morgan fingerprint density at radius 2 is 1.71 bits per heavy atom. The van der Waals surface area contributed by atoms with Crippen molar-refractivity contribution >= 4 is 33.0 Å². The van der Waals surface area contributed by atoms with Gasteiger partial charge in [-0.2, -0.15) is 0 Å². The molecule has 1 aliphatic rings. The van der Waals surface area contributed by atoms with Gasteiger partial charge in [-0.1, -0.05) is 6.07 Å². The lowest BCUT2D eigenvalue weighted by Crippen LogP contribution is -2.30. The molecule has 1 aliphatic heterocycles. The summed E-state index contributed by atoms with van der Waals surface area (Å²) in [6.45, 7) is 1.53. The number of sulfone groups is 1. The molecule has 2 unspecified atom stereocenters. The van der Waals surface area contributed by atoms with E-state index < -0.39 is 32.9 Å². The molecule has 8 heteroatoms. The first-order valence-electron chi connectivity index (χ1n) is 6.36. The van der Waals surface area contributed by atoms with Crippen LogP contribution in [0, 0.1) is 0 Å². The summed E-state index contributed by atoms with van der Waals surface area (Å²) in [5, 5.41) is 4.44. The van der Waals surface area contributed by atoms with Crippen molar-refractivity contribution in [1.82, 2.24) is 0 Å². The molecule has 2 amide bonds. The maximum absolute atomic E-state index is 11.6. The highest BCUT2D eigenvalue weighted by atomic mass is 32.2. The van der Waals surface area contributed by atoms with Gasteiger partial charge in [0.1, 0.15) is 6.42 Å². The Labute approximate surface area is 122 Å². The molecule has 0 radical (unpaired) electrons. The molecule has 4 N–H and O–H groups in total. The largest absolute Gasteiger partial charge is 0.324 e. The van der Waals surface area contributed by atoms with Gasteiger partial charge in [0, 0.05) is 12.3 Å². The molecule has 0 spiro atoms. The lowest BCUT2D eigenvalue weighted by molar-refractivity contribution is -0.123. The predicted molar refractivity (Wildman–Crippen MR) is 79.6 cm³/mol. The summed E-state index contributed by atoms with van der Waals surface area (Å²) in [6, 6.07) is 4.11. The van der Waals surface area contributed by atoms with Crippen molar-refractivity contribution < 1.29 is 18.0 Å². The number of rotatable bonds is 3. The van der Waals surface area contributed by atoms with E-state index in [1.165, 1.54) is 6.92 Å². The van der Waals surface area contributed by atoms with Crippen LogP contribution < -0.4 is 16.4 Å². The third-order valence-electron chi connectivity index (χ3n) is 3.48. The number of nitrogens with two attached hydrogens (primary N) is 1. The lowest BCUT2D eigenvalue weighted by atomic mass is 10.0. The van der Waals surface area contributed by atoms with E-state index in [1.807, 2.05) is 0 Å². The molecular weight excluding hydrogens is 294 g/mol. The quantitative estimate of drug-likeness (QED) is 0.698. The highest BCUT2D eigenvalue weighted by molar-refractivity contribution is 7.91. The van der Waals surface area contributed by atoms with Gasteiger partial charge in [0.15, 0.2) is 9.84 Å². The minimum absolute atomic E-state index is 0.254. The Morgan fingerprint density at radius 3 is 2.29 bits per heavy atom. The Balaban J connectivity index is 2.37. The average molecular weight is 311 g/mol. The van der Waals surface area contributed by atoms with Crippen LogP contribution in [0.3, 0.4) is 0 Å². The van der Waals surface area contributed by atoms with Gasteiger partial charge in [-0.15, -0.1) is 0 Å².